The van der Waals surface area contributed by atoms with Crippen molar-refractivity contribution in [3.8, 4) is 5.75 Å². The van der Waals surface area contributed by atoms with Gasteiger partial charge in [-0.2, -0.15) is 0 Å². The zero-order chi connectivity index (χ0) is 17.6. The summed E-state index contributed by atoms with van der Waals surface area (Å²) in [4.78, 5) is 9.01. The second-order valence-corrected chi connectivity index (χ2v) is 7.22. The number of aliphatic imine (C=N–C) groups is 1. The normalized spacial score (nSPS) is 17.2. The van der Waals surface area contributed by atoms with Gasteiger partial charge in [0.2, 0.25) is 0 Å². The summed E-state index contributed by atoms with van der Waals surface area (Å²) < 4.78 is 6.07. The predicted molar refractivity (Wildman–Crippen MR) is 101 cm³/mol. The van der Waals surface area contributed by atoms with Gasteiger partial charge in [-0.15, -0.1) is 0 Å². The lowest BCUT2D eigenvalue weighted by molar-refractivity contribution is 0.128. The molecule has 1 saturated heterocycles. The van der Waals surface area contributed by atoms with E-state index in [1.807, 2.05) is 37.4 Å². The van der Waals surface area contributed by atoms with Gasteiger partial charge in [-0.25, -0.2) is 0 Å². The summed E-state index contributed by atoms with van der Waals surface area (Å²) >= 11 is 0. The van der Waals surface area contributed by atoms with E-state index in [4.69, 9.17) is 4.74 Å². The molecule has 0 aromatic heterocycles. The number of benzene rings is 1. The van der Waals surface area contributed by atoms with E-state index in [0.717, 1.165) is 44.2 Å². The van der Waals surface area contributed by atoms with E-state index >= 15 is 0 Å². The lowest BCUT2D eigenvalue weighted by Gasteiger charge is -2.37. The highest BCUT2D eigenvalue weighted by atomic mass is 16.5. The summed E-state index contributed by atoms with van der Waals surface area (Å²) in [6, 6.07) is 10.1. The van der Waals surface area contributed by atoms with Gasteiger partial charge in [-0.3, -0.25) is 4.99 Å². The van der Waals surface area contributed by atoms with Crippen LogP contribution in [0.3, 0.4) is 0 Å². The molecule has 1 aliphatic heterocycles. The molecule has 1 aliphatic rings. The summed E-state index contributed by atoms with van der Waals surface area (Å²) in [7, 11) is 6.07. The number of para-hydroxylation sites is 1. The Morgan fingerprint density at radius 3 is 2.42 bits per heavy atom. The van der Waals surface area contributed by atoms with Crippen molar-refractivity contribution in [2.24, 2.45) is 4.99 Å². The van der Waals surface area contributed by atoms with Gasteiger partial charge in [0.25, 0.3) is 0 Å². The first-order valence-electron chi connectivity index (χ1n) is 8.77. The summed E-state index contributed by atoms with van der Waals surface area (Å²) in [6.45, 7) is 7.27. The van der Waals surface area contributed by atoms with Crippen molar-refractivity contribution in [3.05, 3.63) is 30.3 Å². The van der Waals surface area contributed by atoms with Crippen LogP contribution >= 0.6 is 0 Å². The number of hydrogen-bond acceptors (Lipinski definition) is 3. The molecule has 0 saturated carbocycles. The zero-order valence-corrected chi connectivity index (χ0v) is 15.7. The summed E-state index contributed by atoms with van der Waals surface area (Å²) in [5, 5.41) is 3.52. The lowest BCUT2D eigenvalue weighted by Crippen LogP contribution is -2.53. The standard InChI is InChI=1S/C19H32N4O/c1-19(2,22(4)5)15-21-18(20-3)23-13-11-17(12-14-23)24-16-9-7-6-8-10-16/h6-10,17H,11-15H2,1-5H3,(H,20,21). The van der Waals surface area contributed by atoms with Crippen molar-refractivity contribution in [1.29, 1.82) is 0 Å². The molecule has 1 heterocycles. The number of ether oxygens (including phenoxy) is 1. The fourth-order valence-corrected chi connectivity index (χ4v) is 2.66. The van der Waals surface area contributed by atoms with Gasteiger partial charge in [0.1, 0.15) is 11.9 Å². The average Bonchev–Trinajstić information content (AvgIpc) is 2.57. The molecular formula is C19H32N4O. The van der Waals surface area contributed by atoms with Gasteiger partial charge < -0.3 is 19.9 Å². The van der Waals surface area contributed by atoms with Crippen LogP contribution in [0.2, 0.25) is 0 Å². The molecule has 0 amide bonds. The van der Waals surface area contributed by atoms with Crippen molar-refractivity contribution in [3.63, 3.8) is 0 Å². The van der Waals surface area contributed by atoms with E-state index in [2.05, 4.69) is 48.1 Å². The number of hydrogen-bond donors (Lipinski definition) is 1. The van der Waals surface area contributed by atoms with Gasteiger partial charge in [-0.05, 0) is 40.1 Å². The number of likely N-dealkylation sites (N-methyl/N-ethyl adjacent to an activating group) is 1. The molecule has 5 nitrogen and oxygen atoms in total. The molecule has 1 fully saturated rings. The minimum atomic E-state index is 0.0880. The molecule has 1 N–H and O–H groups in total. The molecule has 1 aromatic carbocycles. The maximum absolute atomic E-state index is 6.07. The number of nitrogens with one attached hydrogen (secondary N) is 1. The molecule has 1 aromatic rings. The largest absolute Gasteiger partial charge is 0.490 e. The monoisotopic (exact) mass is 332 g/mol. The Balaban J connectivity index is 1.81. The van der Waals surface area contributed by atoms with Crippen molar-refractivity contribution < 1.29 is 4.74 Å². The van der Waals surface area contributed by atoms with Gasteiger partial charge in [-0.1, -0.05) is 18.2 Å². The third-order valence-electron chi connectivity index (χ3n) is 4.89. The molecule has 0 unspecified atom stereocenters. The summed E-state index contributed by atoms with van der Waals surface area (Å²) in [5.41, 5.74) is 0.0880. The van der Waals surface area contributed by atoms with Crippen molar-refractivity contribution >= 4 is 5.96 Å². The van der Waals surface area contributed by atoms with Crippen LogP contribution in [0.1, 0.15) is 26.7 Å². The molecular weight excluding hydrogens is 300 g/mol. The molecule has 24 heavy (non-hydrogen) atoms. The number of rotatable bonds is 5. The molecule has 0 atom stereocenters. The second-order valence-electron chi connectivity index (χ2n) is 7.22. The number of guanidine groups is 1. The zero-order valence-electron chi connectivity index (χ0n) is 15.7. The van der Waals surface area contributed by atoms with Gasteiger partial charge in [0, 0.05) is 45.1 Å². The fraction of sp³-hybridized carbons (Fsp3) is 0.632. The maximum atomic E-state index is 6.07. The van der Waals surface area contributed by atoms with E-state index < -0.39 is 0 Å². The van der Waals surface area contributed by atoms with E-state index in [1.165, 1.54) is 0 Å². The van der Waals surface area contributed by atoms with Crippen molar-refractivity contribution in [1.82, 2.24) is 15.1 Å². The molecule has 2 rings (SSSR count). The van der Waals surface area contributed by atoms with Crippen LogP contribution in [0.25, 0.3) is 0 Å². The van der Waals surface area contributed by atoms with Crippen LogP contribution in [-0.2, 0) is 0 Å². The highest BCUT2D eigenvalue weighted by Gasteiger charge is 2.25. The third-order valence-corrected chi connectivity index (χ3v) is 4.89. The van der Waals surface area contributed by atoms with Crippen LogP contribution in [0.4, 0.5) is 0 Å². The maximum Gasteiger partial charge on any atom is 0.193 e. The van der Waals surface area contributed by atoms with E-state index in [0.29, 0.717) is 6.10 Å². The molecule has 0 aliphatic carbocycles. The fourth-order valence-electron chi connectivity index (χ4n) is 2.66. The number of nitrogens with zero attached hydrogens (tertiary/aromatic N) is 3. The smallest absolute Gasteiger partial charge is 0.193 e. The third kappa shape index (κ3) is 5.13. The molecule has 0 radical (unpaired) electrons. The molecule has 0 bridgehead atoms. The molecule has 0 spiro atoms. The Morgan fingerprint density at radius 1 is 1.25 bits per heavy atom. The van der Waals surface area contributed by atoms with Crippen LogP contribution in [0, 0.1) is 0 Å². The molecule has 5 heteroatoms. The van der Waals surface area contributed by atoms with Crippen molar-refractivity contribution in [2.75, 3.05) is 40.8 Å². The summed E-state index contributed by atoms with van der Waals surface area (Å²) in [5.74, 6) is 1.95. The van der Waals surface area contributed by atoms with E-state index in [-0.39, 0.29) is 5.54 Å². The topological polar surface area (TPSA) is 40.1 Å². The first-order valence-corrected chi connectivity index (χ1v) is 8.77. The van der Waals surface area contributed by atoms with Gasteiger partial charge >= 0.3 is 0 Å². The van der Waals surface area contributed by atoms with Gasteiger partial charge in [0.15, 0.2) is 5.96 Å². The number of piperidine rings is 1. The molecule has 134 valence electrons. The van der Waals surface area contributed by atoms with Crippen LogP contribution < -0.4 is 10.1 Å². The number of likely N-dealkylation sites (tertiary alicyclic amines) is 1. The van der Waals surface area contributed by atoms with E-state index in [1.54, 1.807) is 0 Å². The Morgan fingerprint density at radius 2 is 1.88 bits per heavy atom. The Bertz CT molecular complexity index is 519. The first-order chi connectivity index (χ1) is 11.4. The highest BCUT2D eigenvalue weighted by molar-refractivity contribution is 5.80. The first kappa shape index (κ1) is 18.6. The van der Waals surface area contributed by atoms with Crippen LogP contribution in [0.15, 0.2) is 35.3 Å². The minimum absolute atomic E-state index is 0.0880. The van der Waals surface area contributed by atoms with Crippen LogP contribution in [0.5, 0.6) is 5.75 Å². The van der Waals surface area contributed by atoms with Crippen molar-refractivity contribution in [2.45, 2.75) is 38.3 Å². The summed E-state index contributed by atoms with van der Waals surface area (Å²) in [6.07, 6.45) is 2.33. The highest BCUT2D eigenvalue weighted by Crippen LogP contribution is 2.18. The SMILES string of the molecule is CN=C(NCC(C)(C)N(C)C)N1CCC(Oc2ccccc2)CC1. The van der Waals surface area contributed by atoms with E-state index in [9.17, 15) is 0 Å². The Labute approximate surface area is 146 Å². The Kier molecular flexibility index (Phi) is 6.49. The second kappa shape index (κ2) is 8.38. The lowest BCUT2D eigenvalue weighted by atomic mass is 10.0. The Hall–Kier alpha value is -1.75. The van der Waals surface area contributed by atoms with Crippen LogP contribution in [-0.4, -0.2) is 68.2 Å². The van der Waals surface area contributed by atoms with Gasteiger partial charge in [0.05, 0.1) is 0 Å². The predicted octanol–water partition coefficient (Wildman–Crippen LogP) is 2.45. The quantitative estimate of drug-likeness (QED) is 0.664. The average molecular weight is 332 g/mol. The minimum Gasteiger partial charge on any atom is -0.490 e.